The Labute approximate surface area is 145 Å². The van der Waals surface area contributed by atoms with Crippen molar-refractivity contribution in [2.75, 3.05) is 43.6 Å². The van der Waals surface area contributed by atoms with Crippen LogP contribution in [0.25, 0.3) is 0 Å². The maximum atomic E-state index is 12.4. The van der Waals surface area contributed by atoms with Crippen molar-refractivity contribution in [3.63, 3.8) is 0 Å². The zero-order chi connectivity index (χ0) is 16.9. The minimum absolute atomic E-state index is 0.319. The summed E-state index contributed by atoms with van der Waals surface area (Å²) in [7, 11) is 1.51. The molecule has 7 heteroatoms. The van der Waals surface area contributed by atoms with E-state index in [-0.39, 0.29) is 5.91 Å². The Morgan fingerprint density at radius 1 is 1.29 bits per heavy atom. The van der Waals surface area contributed by atoms with Crippen molar-refractivity contribution in [3.8, 4) is 5.75 Å². The van der Waals surface area contributed by atoms with Crippen LogP contribution in [0, 0.1) is 0 Å². The summed E-state index contributed by atoms with van der Waals surface area (Å²) in [5.41, 5.74) is 1.38. The van der Waals surface area contributed by atoms with Crippen molar-refractivity contribution < 1.29 is 14.3 Å². The lowest BCUT2D eigenvalue weighted by atomic mass is 10.2. The van der Waals surface area contributed by atoms with Crippen LogP contribution in [0.1, 0.15) is 10.4 Å². The molecule has 126 valence electrons. The summed E-state index contributed by atoms with van der Waals surface area (Å²) >= 11 is 5.96. The van der Waals surface area contributed by atoms with Gasteiger partial charge in [0, 0.05) is 18.1 Å². The normalized spacial score (nSPS) is 14.3. The van der Waals surface area contributed by atoms with Crippen molar-refractivity contribution in [1.29, 1.82) is 0 Å². The molecule has 1 aromatic heterocycles. The van der Waals surface area contributed by atoms with Gasteiger partial charge in [0.2, 0.25) is 0 Å². The van der Waals surface area contributed by atoms with E-state index in [0.717, 1.165) is 18.8 Å². The molecule has 0 radical (unpaired) electrons. The van der Waals surface area contributed by atoms with Gasteiger partial charge in [-0.1, -0.05) is 11.6 Å². The highest BCUT2D eigenvalue weighted by atomic mass is 35.5. The van der Waals surface area contributed by atoms with Crippen LogP contribution in [0.5, 0.6) is 5.75 Å². The summed E-state index contributed by atoms with van der Waals surface area (Å²) in [6.45, 7) is 3.11. The third kappa shape index (κ3) is 3.77. The highest BCUT2D eigenvalue weighted by Crippen LogP contribution is 2.24. The first-order chi connectivity index (χ1) is 11.7. The quantitative estimate of drug-likeness (QED) is 0.921. The summed E-state index contributed by atoms with van der Waals surface area (Å²) < 4.78 is 10.5. The Morgan fingerprint density at radius 2 is 2.08 bits per heavy atom. The molecule has 1 fully saturated rings. The Kier molecular flexibility index (Phi) is 5.17. The van der Waals surface area contributed by atoms with Crippen molar-refractivity contribution in [3.05, 3.63) is 47.1 Å². The van der Waals surface area contributed by atoms with E-state index in [2.05, 4.69) is 15.2 Å². The second-order valence-corrected chi connectivity index (χ2v) is 5.74. The second-order valence-electron chi connectivity index (χ2n) is 5.30. The topological polar surface area (TPSA) is 63.7 Å². The lowest BCUT2D eigenvalue weighted by Crippen LogP contribution is -2.36. The fraction of sp³-hybridized carbons (Fsp3) is 0.294. The summed E-state index contributed by atoms with van der Waals surface area (Å²) in [5.74, 6) is 0.613. The fourth-order valence-corrected chi connectivity index (χ4v) is 2.68. The molecule has 0 spiro atoms. The van der Waals surface area contributed by atoms with Crippen LogP contribution in [0.15, 0.2) is 36.5 Å². The standard InChI is InChI=1S/C17H18ClN3O3/c1-23-15-4-2-12(18)10-14(15)17(22)20-16-5-3-13(11-19-16)21-6-8-24-9-7-21/h2-5,10-11H,6-9H2,1H3,(H,19,20,22). The van der Waals surface area contributed by atoms with Crippen LogP contribution < -0.4 is 15.0 Å². The highest BCUT2D eigenvalue weighted by molar-refractivity contribution is 6.31. The molecule has 6 nitrogen and oxygen atoms in total. The summed E-state index contributed by atoms with van der Waals surface area (Å²) in [4.78, 5) is 18.9. The largest absolute Gasteiger partial charge is 0.496 e. The van der Waals surface area contributed by atoms with E-state index in [9.17, 15) is 4.79 Å². The number of hydrogen-bond acceptors (Lipinski definition) is 5. The molecule has 2 aromatic rings. The lowest BCUT2D eigenvalue weighted by Gasteiger charge is -2.28. The molecule has 1 aromatic carbocycles. The molecule has 1 saturated heterocycles. The first-order valence-electron chi connectivity index (χ1n) is 7.61. The molecular weight excluding hydrogens is 330 g/mol. The van der Waals surface area contributed by atoms with E-state index in [4.69, 9.17) is 21.1 Å². The fourth-order valence-electron chi connectivity index (χ4n) is 2.51. The molecule has 1 aliphatic rings. The molecule has 2 heterocycles. The number of ether oxygens (including phenoxy) is 2. The van der Waals surface area contributed by atoms with Gasteiger partial charge in [0.25, 0.3) is 5.91 Å². The van der Waals surface area contributed by atoms with E-state index in [1.165, 1.54) is 7.11 Å². The predicted molar refractivity (Wildman–Crippen MR) is 93.2 cm³/mol. The second kappa shape index (κ2) is 7.51. The summed E-state index contributed by atoms with van der Waals surface area (Å²) in [6, 6.07) is 8.61. The van der Waals surface area contributed by atoms with Gasteiger partial charge in [-0.3, -0.25) is 4.79 Å². The number of amides is 1. The van der Waals surface area contributed by atoms with E-state index in [1.54, 1.807) is 30.5 Å². The van der Waals surface area contributed by atoms with Crippen molar-refractivity contribution in [1.82, 2.24) is 4.98 Å². The molecule has 1 amide bonds. The van der Waals surface area contributed by atoms with E-state index in [0.29, 0.717) is 35.4 Å². The molecular formula is C17H18ClN3O3. The number of pyridine rings is 1. The van der Waals surface area contributed by atoms with Crippen LogP contribution in [0.3, 0.4) is 0 Å². The third-order valence-electron chi connectivity index (χ3n) is 3.77. The monoisotopic (exact) mass is 347 g/mol. The number of morpholine rings is 1. The summed E-state index contributed by atoms with van der Waals surface area (Å²) in [6.07, 6.45) is 1.75. The highest BCUT2D eigenvalue weighted by Gasteiger charge is 2.15. The molecule has 0 saturated carbocycles. The third-order valence-corrected chi connectivity index (χ3v) is 4.01. The van der Waals surface area contributed by atoms with E-state index >= 15 is 0 Å². The Hall–Kier alpha value is -2.31. The number of anilines is 2. The van der Waals surface area contributed by atoms with Gasteiger partial charge in [-0.2, -0.15) is 0 Å². The maximum Gasteiger partial charge on any atom is 0.260 e. The smallest absolute Gasteiger partial charge is 0.260 e. The molecule has 1 aliphatic heterocycles. The van der Waals surface area contributed by atoms with Crippen molar-refractivity contribution >= 4 is 29.0 Å². The van der Waals surface area contributed by atoms with Crippen LogP contribution in [-0.2, 0) is 4.74 Å². The minimum atomic E-state index is -0.319. The van der Waals surface area contributed by atoms with Crippen molar-refractivity contribution in [2.45, 2.75) is 0 Å². The van der Waals surface area contributed by atoms with Crippen LogP contribution in [-0.4, -0.2) is 44.3 Å². The number of nitrogens with one attached hydrogen (secondary N) is 1. The Balaban J connectivity index is 1.71. The SMILES string of the molecule is COc1ccc(Cl)cc1C(=O)Nc1ccc(N2CCOCC2)cn1. The van der Waals surface area contributed by atoms with Crippen LogP contribution >= 0.6 is 11.6 Å². The van der Waals surface area contributed by atoms with Crippen molar-refractivity contribution in [2.24, 2.45) is 0 Å². The number of nitrogens with zero attached hydrogens (tertiary/aromatic N) is 2. The van der Waals surface area contributed by atoms with Gasteiger partial charge in [0.1, 0.15) is 11.6 Å². The number of carbonyl (C=O) groups excluding carboxylic acids is 1. The van der Waals surface area contributed by atoms with Crippen LogP contribution in [0.4, 0.5) is 11.5 Å². The number of hydrogen-bond donors (Lipinski definition) is 1. The minimum Gasteiger partial charge on any atom is -0.496 e. The summed E-state index contributed by atoms with van der Waals surface area (Å²) in [5, 5.41) is 3.23. The lowest BCUT2D eigenvalue weighted by molar-refractivity contribution is 0.102. The van der Waals surface area contributed by atoms with Gasteiger partial charge in [-0.15, -0.1) is 0 Å². The number of rotatable bonds is 4. The Morgan fingerprint density at radius 3 is 2.75 bits per heavy atom. The van der Waals surface area contributed by atoms with Gasteiger partial charge in [-0.25, -0.2) is 4.98 Å². The zero-order valence-corrected chi connectivity index (χ0v) is 14.0. The molecule has 1 N–H and O–H groups in total. The number of carbonyl (C=O) groups is 1. The average Bonchev–Trinajstić information content (AvgIpc) is 2.63. The van der Waals surface area contributed by atoms with E-state index < -0.39 is 0 Å². The average molecular weight is 348 g/mol. The number of benzene rings is 1. The predicted octanol–water partition coefficient (Wildman–Crippen LogP) is 2.83. The molecule has 0 bridgehead atoms. The van der Waals surface area contributed by atoms with Gasteiger partial charge >= 0.3 is 0 Å². The zero-order valence-electron chi connectivity index (χ0n) is 13.3. The molecule has 0 aliphatic carbocycles. The number of halogens is 1. The Bertz CT molecular complexity index is 716. The first-order valence-corrected chi connectivity index (χ1v) is 7.99. The maximum absolute atomic E-state index is 12.4. The molecule has 3 rings (SSSR count). The first kappa shape index (κ1) is 16.5. The molecule has 0 unspecified atom stereocenters. The number of methoxy groups -OCH3 is 1. The van der Waals surface area contributed by atoms with Gasteiger partial charge in [0.05, 0.1) is 37.8 Å². The number of aromatic nitrogens is 1. The van der Waals surface area contributed by atoms with Gasteiger partial charge in [-0.05, 0) is 30.3 Å². The molecule has 24 heavy (non-hydrogen) atoms. The molecule has 0 atom stereocenters. The van der Waals surface area contributed by atoms with Gasteiger partial charge in [0.15, 0.2) is 0 Å². The van der Waals surface area contributed by atoms with Crippen LogP contribution in [0.2, 0.25) is 5.02 Å². The van der Waals surface area contributed by atoms with Gasteiger partial charge < -0.3 is 19.7 Å². The van der Waals surface area contributed by atoms with E-state index in [1.807, 2.05) is 6.07 Å².